The third kappa shape index (κ3) is 4.22. The number of nitrogens with two attached hydrogens (primary N) is 1. The minimum atomic E-state index is -4.45. The number of primary amides is 1. The van der Waals surface area contributed by atoms with Crippen LogP contribution in [0.25, 0.3) is 0 Å². The fourth-order valence-corrected chi connectivity index (χ4v) is 1.63. The lowest BCUT2D eigenvalue weighted by Gasteiger charge is -2.20. The smallest absolute Gasteiger partial charge is 0.382 e. The van der Waals surface area contributed by atoms with Crippen molar-refractivity contribution in [1.82, 2.24) is 5.32 Å². The quantitative estimate of drug-likeness (QED) is 0.756. The van der Waals surface area contributed by atoms with Crippen LogP contribution in [0.3, 0.4) is 0 Å². The Morgan fingerprint density at radius 3 is 2.53 bits per heavy atom. The number of carbonyl (C=O) groups is 1. The highest BCUT2D eigenvalue weighted by atomic mass is 19.4. The SMILES string of the molecule is CC(NCC(O)C(N)=O)c1ccccc1C(F)(F)F. The number of hydrogen-bond acceptors (Lipinski definition) is 3. The van der Waals surface area contributed by atoms with Crippen LogP contribution < -0.4 is 11.1 Å². The molecule has 0 heterocycles. The van der Waals surface area contributed by atoms with Crippen molar-refractivity contribution >= 4 is 5.91 Å². The molecule has 1 amide bonds. The second kappa shape index (κ2) is 6.03. The lowest BCUT2D eigenvalue weighted by molar-refractivity contribution is -0.138. The monoisotopic (exact) mass is 276 g/mol. The number of alkyl halides is 3. The Labute approximate surface area is 108 Å². The van der Waals surface area contributed by atoms with Crippen LogP contribution in [0, 0.1) is 0 Å². The number of aliphatic hydroxyl groups excluding tert-OH is 1. The predicted octanol–water partition coefficient (Wildman–Crippen LogP) is 1.20. The molecule has 19 heavy (non-hydrogen) atoms. The summed E-state index contributed by atoms with van der Waals surface area (Å²) in [4.78, 5) is 10.6. The number of halogens is 3. The van der Waals surface area contributed by atoms with E-state index in [9.17, 15) is 23.1 Å². The Morgan fingerprint density at radius 2 is 2.00 bits per heavy atom. The molecule has 2 atom stereocenters. The van der Waals surface area contributed by atoms with Gasteiger partial charge in [0.15, 0.2) is 0 Å². The minimum absolute atomic E-state index is 0.0478. The Kier molecular flexibility index (Phi) is 4.90. The molecule has 0 radical (unpaired) electrons. The van der Waals surface area contributed by atoms with Gasteiger partial charge in [-0.15, -0.1) is 0 Å². The number of amides is 1. The first-order valence-corrected chi connectivity index (χ1v) is 5.60. The number of aliphatic hydroxyl groups is 1. The lowest BCUT2D eigenvalue weighted by Crippen LogP contribution is -2.38. The van der Waals surface area contributed by atoms with E-state index in [1.807, 2.05) is 0 Å². The molecule has 0 spiro atoms. The third-order valence-electron chi connectivity index (χ3n) is 2.68. The molecule has 0 aromatic heterocycles. The molecule has 1 aromatic rings. The van der Waals surface area contributed by atoms with E-state index < -0.39 is 29.8 Å². The van der Waals surface area contributed by atoms with Gasteiger partial charge in [-0.25, -0.2) is 0 Å². The third-order valence-corrected chi connectivity index (χ3v) is 2.68. The van der Waals surface area contributed by atoms with E-state index in [2.05, 4.69) is 5.32 Å². The number of hydrogen-bond donors (Lipinski definition) is 3. The summed E-state index contributed by atoms with van der Waals surface area (Å²) in [6, 6.07) is 4.45. The van der Waals surface area contributed by atoms with Crippen LogP contribution in [0.15, 0.2) is 24.3 Å². The predicted molar refractivity (Wildman–Crippen MR) is 63.1 cm³/mol. The molecule has 0 aliphatic rings. The van der Waals surface area contributed by atoms with Crippen LogP contribution in [0.1, 0.15) is 24.1 Å². The van der Waals surface area contributed by atoms with Gasteiger partial charge in [0.05, 0.1) is 5.56 Å². The molecule has 0 fully saturated rings. The zero-order valence-electron chi connectivity index (χ0n) is 10.2. The second-order valence-corrected chi connectivity index (χ2v) is 4.13. The van der Waals surface area contributed by atoms with Crippen LogP contribution in [-0.4, -0.2) is 23.7 Å². The van der Waals surface area contributed by atoms with Crippen molar-refractivity contribution in [2.75, 3.05) is 6.54 Å². The molecule has 0 bridgehead atoms. The van der Waals surface area contributed by atoms with Gasteiger partial charge >= 0.3 is 6.18 Å². The molecule has 0 saturated carbocycles. The van der Waals surface area contributed by atoms with E-state index in [1.54, 1.807) is 0 Å². The summed E-state index contributed by atoms with van der Waals surface area (Å²) in [5, 5.41) is 11.8. The molecule has 1 rings (SSSR count). The number of nitrogens with one attached hydrogen (secondary N) is 1. The van der Waals surface area contributed by atoms with E-state index in [1.165, 1.54) is 25.1 Å². The van der Waals surface area contributed by atoms with Gasteiger partial charge in [0, 0.05) is 12.6 Å². The number of rotatable bonds is 5. The summed E-state index contributed by atoms with van der Waals surface area (Å²) >= 11 is 0. The first kappa shape index (κ1) is 15.5. The number of carbonyl (C=O) groups excluding carboxylic acids is 1. The summed E-state index contributed by atoms with van der Waals surface area (Å²) in [6.45, 7) is 1.31. The van der Waals surface area contributed by atoms with Gasteiger partial charge in [0.1, 0.15) is 6.10 Å². The summed E-state index contributed by atoms with van der Waals surface area (Å²) in [6.07, 6.45) is -5.88. The van der Waals surface area contributed by atoms with Crippen molar-refractivity contribution in [3.05, 3.63) is 35.4 Å². The van der Waals surface area contributed by atoms with E-state index in [0.717, 1.165) is 6.07 Å². The average molecular weight is 276 g/mol. The van der Waals surface area contributed by atoms with Crippen molar-refractivity contribution in [3.63, 3.8) is 0 Å². The Bertz CT molecular complexity index is 449. The van der Waals surface area contributed by atoms with Gasteiger partial charge in [-0.05, 0) is 18.6 Å². The van der Waals surface area contributed by atoms with Gasteiger partial charge in [-0.2, -0.15) is 13.2 Å². The Morgan fingerprint density at radius 1 is 1.42 bits per heavy atom. The molecule has 106 valence electrons. The van der Waals surface area contributed by atoms with Crippen LogP contribution >= 0.6 is 0 Å². The standard InChI is InChI=1S/C12H15F3N2O2/c1-7(17-6-10(18)11(16)19)8-4-2-3-5-9(8)12(13,14)15/h2-5,7,10,17-18H,6H2,1H3,(H2,16,19). The first-order chi connectivity index (χ1) is 8.73. The molecule has 0 saturated heterocycles. The van der Waals surface area contributed by atoms with Gasteiger partial charge in [-0.3, -0.25) is 4.79 Å². The maximum atomic E-state index is 12.8. The maximum absolute atomic E-state index is 12.8. The highest BCUT2D eigenvalue weighted by molar-refractivity contribution is 5.78. The Balaban J connectivity index is 2.83. The fraction of sp³-hybridized carbons (Fsp3) is 0.417. The van der Waals surface area contributed by atoms with Crippen molar-refractivity contribution in [2.24, 2.45) is 5.73 Å². The van der Waals surface area contributed by atoms with Gasteiger partial charge in [-0.1, -0.05) is 18.2 Å². The zero-order valence-corrected chi connectivity index (χ0v) is 10.2. The molecular formula is C12H15F3N2O2. The maximum Gasteiger partial charge on any atom is 0.416 e. The van der Waals surface area contributed by atoms with E-state index in [-0.39, 0.29) is 12.1 Å². The molecule has 1 aromatic carbocycles. The summed E-state index contributed by atoms with van der Waals surface area (Å²) < 4.78 is 38.4. The second-order valence-electron chi connectivity index (χ2n) is 4.13. The van der Waals surface area contributed by atoms with E-state index >= 15 is 0 Å². The van der Waals surface area contributed by atoms with Crippen molar-refractivity contribution in [1.29, 1.82) is 0 Å². The van der Waals surface area contributed by atoms with Gasteiger partial charge in [0.25, 0.3) is 0 Å². The minimum Gasteiger partial charge on any atom is -0.382 e. The van der Waals surface area contributed by atoms with Gasteiger partial charge < -0.3 is 16.2 Å². The van der Waals surface area contributed by atoms with Crippen molar-refractivity contribution < 1.29 is 23.1 Å². The van der Waals surface area contributed by atoms with E-state index in [4.69, 9.17) is 5.73 Å². The molecule has 4 N–H and O–H groups in total. The molecule has 0 aliphatic heterocycles. The largest absolute Gasteiger partial charge is 0.416 e. The van der Waals surface area contributed by atoms with E-state index in [0.29, 0.717) is 0 Å². The Hall–Kier alpha value is -1.60. The summed E-state index contributed by atoms with van der Waals surface area (Å²) in [7, 11) is 0. The molecule has 4 nitrogen and oxygen atoms in total. The summed E-state index contributed by atoms with van der Waals surface area (Å²) in [5.74, 6) is -0.927. The molecule has 0 aliphatic carbocycles. The fourth-order valence-electron chi connectivity index (χ4n) is 1.63. The first-order valence-electron chi connectivity index (χ1n) is 5.60. The average Bonchev–Trinajstić information content (AvgIpc) is 2.34. The highest BCUT2D eigenvalue weighted by Gasteiger charge is 2.34. The van der Waals surface area contributed by atoms with Gasteiger partial charge in [0.2, 0.25) is 5.91 Å². The van der Waals surface area contributed by atoms with Crippen LogP contribution in [0.2, 0.25) is 0 Å². The highest BCUT2D eigenvalue weighted by Crippen LogP contribution is 2.34. The lowest BCUT2D eigenvalue weighted by atomic mass is 10.0. The number of benzene rings is 1. The van der Waals surface area contributed by atoms with Crippen molar-refractivity contribution in [2.45, 2.75) is 25.2 Å². The van der Waals surface area contributed by atoms with Crippen LogP contribution in [0.5, 0.6) is 0 Å². The topological polar surface area (TPSA) is 75.3 Å². The van der Waals surface area contributed by atoms with Crippen LogP contribution in [0.4, 0.5) is 13.2 Å². The molecular weight excluding hydrogens is 261 g/mol. The molecule has 7 heteroatoms. The van der Waals surface area contributed by atoms with Crippen LogP contribution in [-0.2, 0) is 11.0 Å². The normalized spacial score (nSPS) is 15.0. The van der Waals surface area contributed by atoms with Crippen molar-refractivity contribution in [3.8, 4) is 0 Å². The zero-order chi connectivity index (χ0) is 14.6. The molecule has 2 unspecified atom stereocenters. The summed E-state index contributed by atoms with van der Waals surface area (Å²) in [5.41, 5.74) is 4.15.